The van der Waals surface area contributed by atoms with E-state index in [-0.39, 0.29) is 29.9 Å². The molecular formula is C26H19F4N5O3S2. The third kappa shape index (κ3) is 4.35. The van der Waals surface area contributed by atoms with Gasteiger partial charge in [-0.25, -0.2) is 17.5 Å². The van der Waals surface area contributed by atoms with Gasteiger partial charge >= 0.3 is 6.18 Å². The van der Waals surface area contributed by atoms with E-state index >= 15 is 0 Å². The van der Waals surface area contributed by atoms with Gasteiger partial charge in [-0.2, -0.15) is 18.3 Å². The van der Waals surface area contributed by atoms with Crippen LogP contribution in [0.1, 0.15) is 46.6 Å². The smallest absolute Gasteiger partial charge is 0.291 e. The molecule has 0 N–H and O–H groups in total. The molecule has 0 spiro atoms. The molecule has 8 nitrogen and oxygen atoms in total. The molecule has 0 aliphatic heterocycles. The summed E-state index contributed by atoms with van der Waals surface area (Å²) in [5.41, 5.74) is -0.485. The molecule has 40 heavy (non-hydrogen) atoms. The topological polar surface area (TPSA) is 108 Å². The van der Waals surface area contributed by atoms with Crippen molar-refractivity contribution in [1.82, 2.24) is 24.4 Å². The van der Waals surface area contributed by atoms with Gasteiger partial charge in [0.05, 0.1) is 40.0 Å². The van der Waals surface area contributed by atoms with Gasteiger partial charge in [0.2, 0.25) is 0 Å². The number of Topliss-reactive ketones (excluding diaryl/α,β-unsaturated/α-hetero) is 1. The molecule has 3 aromatic heterocycles. The first-order chi connectivity index (χ1) is 19.0. The van der Waals surface area contributed by atoms with Gasteiger partial charge in [0.15, 0.2) is 19.8 Å². The van der Waals surface area contributed by atoms with E-state index in [1.165, 1.54) is 18.3 Å². The lowest BCUT2D eigenvalue weighted by Crippen LogP contribution is -2.45. The summed E-state index contributed by atoms with van der Waals surface area (Å²) in [6.07, 6.45) is 0.921. The van der Waals surface area contributed by atoms with Crippen LogP contribution in [0.15, 0.2) is 64.8 Å². The maximum absolute atomic E-state index is 14.2. The number of hydrogen-bond acceptors (Lipinski definition) is 8. The van der Waals surface area contributed by atoms with Crippen molar-refractivity contribution in [2.24, 2.45) is 5.41 Å². The summed E-state index contributed by atoms with van der Waals surface area (Å²) < 4.78 is 86.1. The zero-order valence-corrected chi connectivity index (χ0v) is 22.1. The van der Waals surface area contributed by atoms with Crippen LogP contribution >= 0.6 is 11.5 Å². The quantitative estimate of drug-likeness (QED) is 0.235. The van der Waals surface area contributed by atoms with Crippen molar-refractivity contribution in [3.63, 3.8) is 0 Å². The fourth-order valence-electron chi connectivity index (χ4n) is 5.54. The second-order valence-electron chi connectivity index (χ2n) is 9.77. The molecule has 2 atom stereocenters. The Morgan fingerprint density at radius 2 is 1.90 bits per heavy atom. The van der Waals surface area contributed by atoms with Crippen LogP contribution in [-0.4, -0.2) is 43.8 Å². The van der Waals surface area contributed by atoms with Crippen molar-refractivity contribution in [1.29, 1.82) is 0 Å². The third-order valence-electron chi connectivity index (χ3n) is 7.50. The van der Waals surface area contributed by atoms with Gasteiger partial charge in [-0.3, -0.25) is 9.78 Å². The zero-order valence-electron chi connectivity index (χ0n) is 20.5. The first kappa shape index (κ1) is 26.4. The number of nitrogens with zero attached hydrogens (tertiary/aromatic N) is 5. The highest BCUT2D eigenvalue weighted by molar-refractivity contribution is 7.93. The molecule has 6 rings (SSSR count). The summed E-state index contributed by atoms with van der Waals surface area (Å²) in [5.74, 6) is -1.11. The van der Waals surface area contributed by atoms with Gasteiger partial charge in [-0.15, -0.1) is 5.10 Å². The molecule has 1 unspecified atom stereocenters. The Kier molecular flexibility index (Phi) is 6.22. The van der Waals surface area contributed by atoms with Gasteiger partial charge < -0.3 is 0 Å². The fourth-order valence-corrected chi connectivity index (χ4v) is 8.19. The zero-order chi connectivity index (χ0) is 28.3. The average Bonchev–Trinajstić information content (AvgIpc) is 3.62. The van der Waals surface area contributed by atoms with Crippen LogP contribution in [0.4, 0.5) is 17.6 Å². The summed E-state index contributed by atoms with van der Waals surface area (Å²) in [4.78, 5) is 18.1. The summed E-state index contributed by atoms with van der Waals surface area (Å²) in [7, 11) is -3.92. The van der Waals surface area contributed by atoms with Gasteiger partial charge in [-0.05, 0) is 73.7 Å². The van der Waals surface area contributed by atoms with E-state index in [0.717, 1.165) is 30.0 Å². The Hall–Kier alpha value is -3.78. The lowest BCUT2D eigenvalue weighted by atomic mass is 9.61. The molecule has 1 fully saturated rings. The van der Waals surface area contributed by atoms with Crippen molar-refractivity contribution < 1.29 is 30.8 Å². The van der Waals surface area contributed by atoms with Crippen molar-refractivity contribution in [2.45, 2.75) is 41.3 Å². The second-order valence-corrected chi connectivity index (χ2v) is 13.0. The van der Waals surface area contributed by atoms with E-state index < -0.39 is 49.5 Å². The SMILES string of the molecule is O=C(c1cc(C(F)(F)F)ccn1)[C@]12Cc3cnn(-c4ccc(F)cc4)c3C=C1CCC(S(=O)(=O)c1cnns1)C2. The van der Waals surface area contributed by atoms with Crippen LogP contribution in [0.25, 0.3) is 11.8 Å². The molecule has 2 aliphatic rings. The number of sulfone groups is 1. The molecule has 2 aliphatic carbocycles. The van der Waals surface area contributed by atoms with Gasteiger partial charge in [0.1, 0.15) is 11.5 Å². The fraction of sp³-hybridized carbons (Fsp3) is 0.269. The van der Waals surface area contributed by atoms with Gasteiger partial charge in [0, 0.05) is 17.7 Å². The molecule has 0 amide bonds. The Balaban J connectivity index is 1.47. The minimum Gasteiger partial charge on any atom is -0.291 e. The highest BCUT2D eigenvalue weighted by Gasteiger charge is 2.52. The van der Waals surface area contributed by atoms with Crippen molar-refractivity contribution in [2.75, 3.05) is 0 Å². The first-order valence-corrected chi connectivity index (χ1v) is 14.4. The van der Waals surface area contributed by atoms with E-state index in [1.54, 1.807) is 22.9 Å². The van der Waals surface area contributed by atoms with Crippen LogP contribution in [0.3, 0.4) is 0 Å². The number of carbonyl (C=O) groups excluding carboxylic acids is 1. The molecule has 206 valence electrons. The second kappa shape index (κ2) is 9.41. The minimum atomic E-state index is -4.69. The monoisotopic (exact) mass is 589 g/mol. The van der Waals surface area contributed by atoms with Crippen molar-refractivity contribution >= 4 is 33.2 Å². The number of aromatic nitrogens is 5. The maximum Gasteiger partial charge on any atom is 0.416 e. The van der Waals surface area contributed by atoms with Crippen molar-refractivity contribution in [3.8, 4) is 5.69 Å². The molecule has 1 aromatic carbocycles. The average molecular weight is 590 g/mol. The number of halogens is 4. The largest absolute Gasteiger partial charge is 0.416 e. The van der Waals surface area contributed by atoms with Gasteiger partial charge in [0.25, 0.3) is 0 Å². The molecule has 4 aromatic rings. The molecular weight excluding hydrogens is 570 g/mol. The lowest BCUT2D eigenvalue weighted by molar-refractivity contribution is -0.137. The molecule has 14 heteroatoms. The maximum atomic E-state index is 14.2. The van der Waals surface area contributed by atoms with E-state index in [4.69, 9.17) is 0 Å². The highest BCUT2D eigenvalue weighted by atomic mass is 32.2. The third-order valence-corrected chi connectivity index (χ3v) is 10.8. The van der Waals surface area contributed by atoms with Crippen LogP contribution in [0.5, 0.6) is 0 Å². The summed E-state index contributed by atoms with van der Waals surface area (Å²) in [6, 6.07) is 7.16. The number of hydrogen-bond donors (Lipinski definition) is 0. The molecule has 0 bridgehead atoms. The molecule has 0 saturated heterocycles. The Labute approximate surface area is 229 Å². The normalized spacial score (nSPS) is 20.9. The highest BCUT2D eigenvalue weighted by Crippen LogP contribution is 2.52. The predicted molar refractivity (Wildman–Crippen MR) is 136 cm³/mol. The number of alkyl halides is 3. The number of fused-ring (bicyclic) bond motifs is 2. The van der Waals surface area contributed by atoms with Crippen LogP contribution < -0.4 is 0 Å². The van der Waals surface area contributed by atoms with E-state index in [0.29, 0.717) is 28.6 Å². The van der Waals surface area contributed by atoms with E-state index in [2.05, 4.69) is 19.7 Å². The number of allylic oxidation sites excluding steroid dienone is 1. The standard InChI is InChI=1S/C26H19F4N5O3S2/c27-18-2-4-19(5-3-18)35-22-10-16-1-6-20(40(37,38)23-14-32-34-39-23)12-25(16,11-15(22)13-33-35)24(36)21-9-17(7-8-31-21)26(28,29)30/h2-5,7-10,13-14,20H,1,6,11-12H2/t20?,25-/m0/s1. The van der Waals surface area contributed by atoms with Crippen LogP contribution in [0.2, 0.25) is 0 Å². The van der Waals surface area contributed by atoms with E-state index in [9.17, 15) is 30.8 Å². The summed E-state index contributed by atoms with van der Waals surface area (Å²) >= 11 is 0.726. The van der Waals surface area contributed by atoms with Gasteiger partial charge in [-0.1, -0.05) is 10.1 Å². The Morgan fingerprint density at radius 3 is 2.60 bits per heavy atom. The lowest BCUT2D eigenvalue weighted by Gasteiger charge is -2.43. The Bertz CT molecular complexity index is 1750. The first-order valence-electron chi connectivity index (χ1n) is 12.1. The number of carbonyl (C=O) groups is 1. The van der Waals surface area contributed by atoms with Crippen LogP contribution in [-0.2, 0) is 22.4 Å². The number of pyridine rings is 1. The minimum absolute atomic E-state index is 0.0130. The molecule has 0 radical (unpaired) electrons. The number of benzene rings is 1. The Morgan fingerprint density at radius 1 is 1.12 bits per heavy atom. The number of ketones is 1. The predicted octanol–water partition coefficient (Wildman–Crippen LogP) is 5.11. The number of rotatable bonds is 5. The molecule has 1 saturated carbocycles. The summed E-state index contributed by atoms with van der Waals surface area (Å²) in [5, 5.41) is 7.05. The van der Waals surface area contributed by atoms with Crippen molar-refractivity contribution in [3.05, 3.63) is 88.9 Å². The van der Waals surface area contributed by atoms with Crippen LogP contribution in [0, 0.1) is 11.2 Å². The molecule has 3 heterocycles. The summed E-state index contributed by atoms with van der Waals surface area (Å²) in [6.45, 7) is 0. The van der Waals surface area contributed by atoms with E-state index in [1.807, 2.05) is 0 Å².